The van der Waals surface area contributed by atoms with Gasteiger partial charge in [0.05, 0.1) is 10.7 Å². The van der Waals surface area contributed by atoms with E-state index in [1.807, 2.05) is 56.3 Å². The smallest absolute Gasteiger partial charge is 0.210 e. The maximum Gasteiger partial charge on any atom is 0.210 e. The van der Waals surface area contributed by atoms with E-state index in [1.165, 1.54) is 11.3 Å². The summed E-state index contributed by atoms with van der Waals surface area (Å²) >= 11 is 1.49. The van der Waals surface area contributed by atoms with Crippen LogP contribution in [0.4, 0.5) is 11.5 Å². The van der Waals surface area contributed by atoms with E-state index >= 15 is 0 Å². The lowest BCUT2D eigenvalue weighted by molar-refractivity contribution is 0.496. The molecule has 0 aliphatic heterocycles. The molecule has 0 saturated carbocycles. The van der Waals surface area contributed by atoms with Gasteiger partial charge in [-0.25, -0.2) is 9.97 Å². The second-order valence-electron chi connectivity index (χ2n) is 7.67. The average Bonchev–Trinajstić information content (AvgIpc) is 3.48. The Morgan fingerprint density at radius 1 is 1.00 bits per heavy atom. The number of nitrogens with zero attached hydrogens (tertiary/aromatic N) is 6. The van der Waals surface area contributed by atoms with Gasteiger partial charge in [0.15, 0.2) is 5.82 Å². The van der Waals surface area contributed by atoms with Gasteiger partial charge in [-0.05, 0) is 56.2 Å². The van der Waals surface area contributed by atoms with E-state index in [9.17, 15) is 0 Å². The predicted octanol–water partition coefficient (Wildman–Crippen LogP) is 5.05. The fourth-order valence-corrected chi connectivity index (χ4v) is 4.25. The Morgan fingerprint density at radius 2 is 1.91 bits per heavy atom. The van der Waals surface area contributed by atoms with Crippen LogP contribution in [0, 0.1) is 13.8 Å². The summed E-state index contributed by atoms with van der Waals surface area (Å²) in [7, 11) is 0. The highest BCUT2D eigenvalue weighted by Gasteiger charge is 2.15. The Bertz CT molecular complexity index is 1400. The van der Waals surface area contributed by atoms with Crippen LogP contribution in [0.1, 0.15) is 22.1 Å². The molecule has 0 atom stereocenters. The van der Waals surface area contributed by atoms with Crippen molar-refractivity contribution in [2.75, 3.05) is 5.32 Å². The van der Waals surface area contributed by atoms with Crippen LogP contribution in [0.2, 0.25) is 0 Å². The number of anilines is 2. The Hall–Kier alpha value is -4.18. The van der Waals surface area contributed by atoms with Gasteiger partial charge < -0.3 is 10.1 Å². The molecule has 0 fully saturated rings. The fraction of sp³-hybridized carbons (Fsp3) is 0.167. The molecule has 170 valence electrons. The molecule has 0 bridgehead atoms. The number of ether oxygens (including phenoxy) is 1. The molecule has 10 heteroatoms. The lowest BCUT2D eigenvalue weighted by Gasteiger charge is -2.10. The van der Waals surface area contributed by atoms with Crippen molar-refractivity contribution in [3.63, 3.8) is 0 Å². The number of benzene rings is 1. The molecule has 0 aliphatic rings. The maximum absolute atomic E-state index is 6.22. The summed E-state index contributed by atoms with van der Waals surface area (Å²) in [6, 6.07) is 17.7. The molecule has 4 heterocycles. The lowest BCUT2D eigenvalue weighted by atomic mass is 10.1. The second-order valence-corrected chi connectivity index (χ2v) is 8.83. The minimum Gasteiger partial charge on any atom is -0.444 e. The number of aromatic amines is 1. The van der Waals surface area contributed by atoms with Crippen molar-refractivity contribution in [1.29, 1.82) is 0 Å². The van der Waals surface area contributed by atoms with Gasteiger partial charge in [-0.3, -0.25) is 4.98 Å². The second kappa shape index (κ2) is 9.75. The van der Waals surface area contributed by atoms with Crippen molar-refractivity contribution >= 4 is 22.8 Å². The first kappa shape index (κ1) is 21.7. The molecule has 5 aromatic rings. The van der Waals surface area contributed by atoms with E-state index in [4.69, 9.17) is 4.74 Å². The van der Waals surface area contributed by atoms with Crippen molar-refractivity contribution < 1.29 is 4.74 Å². The number of aromatic nitrogens is 7. The van der Waals surface area contributed by atoms with Gasteiger partial charge >= 0.3 is 0 Å². The number of hydrogen-bond donors (Lipinski definition) is 2. The molecule has 34 heavy (non-hydrogen) atoms. The van der Waals surface area contributed by atoms with E-state index in [1.54, 1.807) is 6.20 Å². The van der Waals surface area contributed by atoms with Crippen LogP contribution < -0.4 is 10.1 Å². The van der Waals surface area contributed by atoms with E-state index in [0.29, 0.717) is 28.9 Å². The molecule has 0 amide bonds. The van der Waals surface area contributed by atoms with Gasteiger partial charge in [0.1, 0.15) is 17.3 Å². The lowest BCUT2D eigenvalue weighted by Crippen LogP contribution is -1.97. The predicted molar refractivity (Wildman–Crippen MR) is 130 cm³/mol. The number of tetrazole rings is 1. The third-order valence-electron chi connectivity index (χ3n) is 5.00. The zero-order valence-electron chi connectivity index (χ0n) is 18.7. The average molecular weight is 471 g/mol. The first-order chi connectivity index (χ1) is 16.6. The summed E-state index contributed by atoms with van der Waals surface area (Å²) in [5.41, 5.74) is 4.58. The number of hydrogen-bond acceptors (Lipinski definition) is 9. The number of aryl methyl sites for hydroxylation is 4. The minimum absolute atomic E-state index is 0.670. The molecule has 0 aliphatic carbocycles. The Morgan fingerprint density at radius 3 is 2.76 bits per heavy atom. The zero-order valence-corrected chi connectivity index (χ0v) is 19.5. The first-order valence-electron chi connectivity index (χ1n) is 10.8. The normalized spacial score (nSPS) is 10.9. The zero-order chi connectivity index (χ0) is 23.3. The summed E-state index contributed by atoms with van der Waals surface area (Å²) in [6.07, 6.45) is 3.25. The number of rotatable bonds is 8. The van der Waals surface area contributed by atoms with Gasteiger partial charge in [0.2, 0.25) is 5.06 Å². The van der Waals surface area contributed by atoms with Crippen LogP contribution in [0.5, 0.6) is 10.8 Å². The molecule has 5 rings (SSSR count). The summed E-state index contributed by atoms with van der Waals surface area (Å²) in [6.45, 7) is 3.92. The molecule has 9 nitrogen and oxygen atoms in total. The number of pyridine rings is 2. The van der Waals surface area contributed by atoms with Crippen LogP contribution in [0.15, 0.2) is 60.8 Å². The molecule has 2 N–H and O–H groups in total. The molecule has 0 spiro atoms. The fourth-order valence-electron chi connectivity index (χ4n) is 3.46. The van der Waals surface area contributed by atoms with Crippen LogP contribution in [-0.2, 0) is 12.8 Å². The SMILES string of the molecule is Cc1cccc(-c2nc(C)sc2Oc2ccnc(Nc3cccc(CCc4nn[nH]n4)c3)c2)n1. The van der Waals surface area contributed by atoms with Crippen molar-refractivity contribution in [1.82, 2.24) is 35.6 Å². The molecular formula is C24H22N8OS. The van der Waals surface area contributed by atoms with Crippen LogP contribution in [0.3, 0.4) is 0 Å². The third-order valence-corrected chi connectivity index (χ3v) is 5.85. The highest BCUT2D eigenvalue weighted by Crippen LogP contribution is 2.37. The van der Waals surface area contributed by atoms with Gasteiger partial charge in [-0.15, -0.1) is 10.2 Å². The summed E-state index contributed by atoms with van der Waals surface area (Å²) in [5.74, 6) is 2.05. The number of H-pyrrole nitrogens is 1. The Kier molecular flexibility index (Phi) is 6.21. The van der Waals surface area contributed by atoms with Gasteiger partial charge in [0, 0.05) is 30.1 Å². The van der Waals surface area contributed by atoms with Gasteiger partial charge in [-0.2, -0.15) is 5.21 Å². The Labute approximate surface area is 200 Å². The van der Waals surface area contributed by atoms with E-state index in [2.05, 4.69) is 53.0 Å². The van der Waals surface area contributed by atoms with Crippen molar-refractivity contribution in [3.05, 3.63) is 82.9 Å². The highest BCUT2D eigenvalue weighted by atomic mass is 32.1. The summed E-state index contributed by atoms with van der Waals surface area (Å²) in [4.78, 5) is 13.7. The molecule has 0 unspecified atom stereocenters. The molecule has 4 aromatic heterocycles. The quantitative estimate of drug-likeness (QED) is 0.324. The van der Waals surface area contributed by atoms with E-state index < -0.39 is 0 Å². The third kappa shape index (κ3) is 5.24. The Balaban J connectivity index is 1.31. The summed E-state index contributed by atoms with van der Waals surface area (Å²) < 4.78 is 6.22. The van der Waals surface area contributed by atoms with E-state index in [-0.39, 0.29) is 0 Å². The van der Waals surface area contributed by atoms with Crippen molar-refractivity contribution in [2.45, 2.75) is 26.7 Å². The van der Waals surface area contributed by atoms with Crippen molar-refractivity contribution in [2.24, 2.45) is 0 Å². The molecule has 0 radical (unpaired) electrons. The standard InChI is InChI=1S/C24H22N8OS/c1-15-5-3-8-20(26-15)23-24(34-16(2)27-23)33-19-11-12-25-22(14-19)28-18-7-4-6-17(13-18)9-10-21-29-31-32-30-21/h3-8,11-14H,9-10H2,1-2H3,(H,25,28)(H,29,30,31,32). The van der Waals surface area contributed by atoms with Crippen molar-refractivity contribution in [3.8, 4) is 22.2 Å². The monoisotopic (exact) mass is 470 g/mol. The summed E-state index contributed by atoms with van der Waals surface area (Å²) in [5, 5.41) is 19.1. The number of thiazole rings is 1. The van der Waals surface area contributed by atoms with E-state index in [0.717, 1.165) is 39.8 Å². The van der Waals surface area contributed by atoms with Gasteiger partial charge in [-0.1, -0.05) is 34.7 Å². The number of nitrogens with one attached hydrogen (secondary N) is 2. The maximum atomic E-state index is 6.22. The van der Waals surface area contributed by atoms with Crippen LogP contribution in [-0.4, -0.2) is 35.6 Å². The highest BCUT2D eigenvalue weighted by molar-refractivity contribution is 7.13. The molecular weight excluding hydrogens is 448 g/mol. The van der Waals surface area contributed by atoms with Crippen LogP contribution in [0.25, 0.3) is 11.4 Å². The minimum atomic E-state index is 0.670. The van der Waals surface area contributed by atoms with Gasteiger partial charge in [0.25, 0.3) is 0 Å². The molecule has 1 aromatic carbocycles. The van der Waals surface area contributed by atoms with Crippen LogP contribution >= 0.6 is 11.3 Å². The largest absolute Gasteiger partial charge is 0.444 e. The topological polar surface area (TPSA) is 114 Å². The molecule has 0 saturated heterocycles. The first-order valence-corrected chi connectivity index (χ1v) is 11.6.